The fourth-order valence-corrected chi connectivity index (χ4v) is 5.54. The molecule has 1 unspecified atom stereocenters. The topological polar surface area (TPSA) is 83.2 Å². The Kier molecular flexibility index (Phi) is 6.33. The van der Waals surface area contributed by atoms with Crippen molar-refractivity contribution in [1.29, 1.82) is 0 Å². The number of sulfonamides is 1. The first kappa shape index (κ1) is 21.8. The Morgan fingerprint density at radius 1 is 1.23 bits per heavy atom. The number of nitrogens with zero attached hydrogens (tertiary/aromatic N) is 3. The van der Waals surface area contributed by atoms with Crippen molar-refractivity contribution in [2.75, 3.05) is 19.8 Å². The predicted octanol–water partition coefficient (Wildman–Crippen LogP) is 4.06. The van der Waals surface area contributed by atoms with Gasteiger partial charge in [0.05, 0.1) is 27.5 Å². The van der Waals surface area contributed by atoms with Gasteiger partial charge >= 0.3 is 0 Å². The van der Waals surface area contributed by atoms with Crippen molar-refractivity contribution in [3.63, 3.8) is 0 Å². The number of thiophene rings is 1. The Hall–Kier alpha value is -2.40. The second-order valence-corrected chi connectivity index (χ2v) is 11.2. The van der Waals surface area contributed by atoms with Gasteiger partial charge in [0.1, 0.15) is 11.8 Å². The molecular formula is C21H21N3O4S3. The third kappa shape index (κ3) is 4.62. The van der Waals surface area contributed by atoms with Crippen molar-refractivity contribution < 1.29 is 17.6 Å². The van der Waals surface area contributed by atoms with Crippen LogP contribution in [0.15, 0.2) is 79.5 Å². The number of carbonyl (C=O) groups excluding carboxylic acids is 1. The second-order valence-electron chi connectivity index (χ2n) is 7.05. The molecule has 0 aliphatic carbocycles. The van der Waals surface area contributed by atoms with Crippen molar-refractivity contribution in [2.45, 2.75) is 22.3 Å². The van der Waals surface area contributed by atoms with Gasteiger partial charge in [0.2, 0.25) is 10.0 Å². The molecule has 0 saturated heterocycles. The molecule has 1 aliphatic rings. The van der Waals surface area contributed by atoms with Crippen LogP contribution in [-0.4, -0.2) is 49.2 Å². The minimum absolute atomic E-state index is 0.136. The van der Waals surface area contributed by atoms with Crippen molar-refractivity contribution in [3.8, 4) is 0 Å². The summed E-state index contributed by atoms with van der Waals surface area (Å²) in [6.07, 6.45) is 2.20. The number of thioether (sulfide) groups is 1. The van der Waals surface area contributed by atoms with E-state index >= 15 is 0 Å². The van der Waals surface area contributed by atoms with E-state index in [9.17, 15) is 13.2 Å². The van der Waals surface area contributed by atoms with Gasteiger partial charge in [-0.25, -0.2) is 17.7 Å². The lowest BCUT2D eigenvalue weighted by Crippen LogP contribution is -2.28. The molecule has 0 saturated carbocycles. The highest BCUT2D eigenvalue weighted by Gasteiger charge is 2.35. The Bertz CT molecular complexity index is 1170. The molecule has 0 fully saturated rings. The van der Waals surface area contributed by atoms with Crippen LogP contribution in [0.4, 0.5) is 0 Å². The lowest BCUT2D eigenvalue weighted by atomic mass is 10.1. The highest BCUT2D eigenvalue weighted by atomic mass is 32.2. The summed E-state index contributed by atoms with van der Waals surface area (Å²) < 4.78 is 31.1. The molecule has 2 aromatic heterocycles. The third-order valence-corrected chi connectivity index (χ3v) is 8.55. The lowest BCUT2D eigenvalue weighted by molar-refractivity contribution is -0.130. The quantitative estimate of drug-likeness (QED) is 0.481. The van der Waals surface area contributed by atoms with Crippen LogP contribution in [0.1, 0.15) is 23.1 Å². The van der Waals surface area contributed by atoms with Gasteiger partial charge in [0.15, 0.2) is 0 Å². The number of amides is 1. The average Bonchev–Trinajstić information content (AvgIpc) is 3.52. The Morgan fingerprint density at radius 2 is 2.00 bits per heavy atom. The molecule has 0 spiro atoms. The summed E-state index contributed by atoms with van der Waals surface area (Å²) >= 11 is 2.94. The maximum absolute atomic E-state index is 13.0. The standard InChI is InChI=1S/C21H21N3O4S3/c1-23(2)31(26,27)16-9-7-15(8-10-16)30-14-21(25)24-18(19-5-3-11-28-19)13-17(22-24)20-6-4-12-29-20/h3-12,18H,13-14H2,1-2H3. The van der Waals surface area contributed by atoms with Crippen LogP contribution in [0.2, 0.25) is 0 Å². The Labute approximate surface area is 189 Å². The van der Waals surface area contributed by atoms with E-state index in [1.165, 1.54) is 35.2 Å². The molecule has 1 amide bonds. The molecule has 0 bridgehead atoms. The van der Waals surface area contributed by atoms with Crippen LogP contribution in [-0.2, 0) is 14.8 Å². The Balaban J connectivity index is 1.47. The van der Waals surface area contributed by atoms with Crippen molar-refractivity contribution in [3.05, 3.63) is 70.8 Å². The first-order valence-electron chi connectivity index (χ1n) is 9.48. The largest absolute Gasteiger partial charge is 0.467 e. The zero-order chi connectivity index (χ0) is 22.0. The van der Waals surface area contributed by atoms with E-state index in [1.807, 2.05) is 23.6 Å². The summed E-state index contributed by atoms with van der Waals surface area (Å²) in [5.41, 5.74) is 0.869. The fourth-order valence-electron chi connectivity index (χ4n) is 3.16. The van der Waals surface area contributed by atoms with Gasteiger partial charge in [-0.1, -0.05) is 6.07 Å². The first-order chi connectivity index (χ1) is 14.9. The van der Waals surface area contributed by atoms with E-state index in [-0.39, 0.29) is 22.6 Å². The molecule has 0 radical (unpaired) electrons. The number of hydrogen-bond acceptors (Lipinski definition) is 7. The summed E-state index contributed by atoms with van der Waals surface area (Å²) in [6, 6.07) is 13.9. The Morgan fingerprint density at radius 3 is 2.61 bits per heavy atom. The summed E-state index contributed by atoms with van der Waals surface area (Å²) in [5, 5.41) is 8.09. The van der Waals surface area contributed by atoms with Gasteiger partial charge in [-0.05, 0) is 47.8 Å². The molecule has 3 aromatic rings. The van der Waals surface area contributed by atoms with Gasteiger partial charge < -0.3 is 4.42 Å². The van der Waals surface area contributed by atoms with E-state index in [1.54, 1.807) is 47.9 Å². The van der Waals surface area contributed by atoms with Crippen LogP contribution in [0.3, 0.4) is 0 Å². The maximum Gasteiger partial charge on any atom is 0.253 e. The predicted molar refractivity (Wildman–Crippen MR) is 122 cm³/mol. The molecule has 0 N–H and O–H groups in total. The molecule has 3 heterocycles. The second kappa shape index (κ2) is 8.99. The van der Waals surface area contributed by atoms with Gasteiger partial charge in [0.25, 0.3) is 5.91 Å². The number of furan rings is 1. The smallest absolute Gasteiger partial charge is 0.253 e. The molecule has 7 nitrogen and oxygen atoms in total. The van der Waals surface area contributed by atoms with Crippen molar-refractivity contribution in [2.24, 2.45) is 5.10 Å². The SMILES string of the molecule is CN(C)S(=O)(=O)c1ccc(SCC(=O)N2N=C(c3cccs3)CC2c2ccco2)cc1. The minimum atomic E-state index is -3.48. The molecule has 162 valence electrons. The summed E-state index contributed by atoms with van der Waals surface area (Å²) in [4.78, 5) is 15.1. The van der Waals surface area contributed by atoms with Crippen LogP contribution in [0.5, 0.6) is 0 Å². The first-order valence-corrected chi connectivity index (χ1v) is 12.8. The molecule has 4 rings (SSSR count). The maximum atomic E-state index is 13.0. The number of benzene rings is 1. The van der Waals surface area contributed by atoms with Crippen molar-refractivity contribution >= 4 is 44.7 Å². The van der Waals surface area contributed by atoms with Crippen LogP contribution in [0, 0.1) is 0 Å². The normalized spacial score (nSPS) is 16.7. The van der Waals surface area contributed by atoms with E-state index < -0.39 is 10.0 Å². The molecule has 10 heteroatoms. The van der Waals surface area contributed by atoms with E-state index in [0.717, 1.165) is 15.5 Å². The summed E-state index contributed by atoms with van der Waals surface area (Å²) in [5.74, 6) is 0.743. The number of rotatable bonds is 7. The zero-order valence-electron chi connectivity index (χ0n) is 17.0. The van der Waals surface area contributed by atoms with Gasteiger partial charge in [-0.3, -0.25) is 4.79 Å². The van der Waals surface area contributed by atoms with E-state index in [2.05, 4.69) is 5.10 Å². The summed E-state index contributed by atoms with van der Waals surface area (Å²) in [7, 11) is -0.490. The molecule has 1 atom stereocenters. The molecular weight excluding hydrogens is 454 g/mol. The fraction of sp³-hybridized carbons (Fsp3) is 0.238. The lowest BCUT2D eigenvalue weighted by Gasteiger charge is -2.19. The van der Waals surface area contributed by atoms with Crippen molar-refractivity contribution in [1.82, 2.24) is 9.31 Å². The van der Waals surface area contributed by atoms with Gasteiger partial charge in [0, 0.05) is 25.4 Å². The van der Waals surface area contributed by atoms with Crippen LogP contribution in [0.25, 0.3) is 0 Å². The van der Waals surface area contributed by atoms with Crippen LogP contribution >= 0.6 is 23.1 Å². The number of hydrogen-bond donors (Lipinski definition) is 0. The number of carbonyl (C=O) groups is 1. The van der Waals surface area contributed by atoms with Gasteiger partial charge in [-0.2, -0.15) is 5.10 Å². The molecule has 1 aliphatic heterocycles. The minimum Gasteiger partial charge on any atom is -0.467 e. The van der Waals surface area contributed by atoms with E-state index in [0.29, 0.717) is 12.2 Å². The molecule has 31 heavy (non-hydrogen) atoms. The number of hydrazone groups is 1. The summed E-state index contributed by atoms with van der Waals surface area (Å²) in [6.45, 7) is 0. The highest BCUT2D eigenvalue weighted by Crippen LogP contribution is 2.35. The highest BCUT2D eigenvalue weighted by molar-refractivity contribution is 8.00. The third-order valence-electron chi connectivity index (χ3n) is 4.81. The van der Waals surface area contributed by atoms with Gasteiger partial charge in [-0.15, -0.1) is 23.1 Å². The monoisotopic (exact) mass is 475 g/mol. The zero-order valence-corrected chi connectivity index (χ0v) is 19.4. The average molecular weight is 476 g/mol. The van der Waals surface area contributed by atoms with E-state index in [4.69, 9.17) is 4.42 Å². The molecule has 1 aromatic carbocycles. The van der Waals surface area contributed by atoms with Crippen LogP contribution < -0.4 is 0 Å².